The molecule has 0 amide bonds. The van der Waals surface area contributed by atoms with Gasteiger partial charge < -0.3 is 0 Å². The third kappa shape index (κ3) is 2.88. The Morgan fingerprint density at radius 1 is 1.18 bits per heavy atom. The smallest absolute Gasteiger partial charge is 0.132 e. The molecule has 0 atom stereocenters. The number of rotatable bonds is 2. The predicted octanol–water partition coefficient (Wildman–Crippen LogP) is 3.73. The maximum Gasteiger partial charge on any atom is 0.132 e. The molecule has 2 aromatic heterocycles. The van der Waals surface area contributed by atoms with Crippen molar-refractivity contribution >= 4 is 15.9 Å². The molecule has 0 aliphatic heterocycles. The van der Waals surface area contributed by atoms with Gasteiger partial charge in [-0.3, -0.25) is 4.98 Å². The summed E-state index contributed by atoms with van der Waals surface area (Å²) in [7, 11) is 0. The van der Waals surface area contributed by atoms with E-state index in [1.54, 1.807) is 0 Å². The summed E-state index contributed by atoms with van der Waals surface area (Å²) in [4.78, 5) is 13.2. The van der Waals surface area contributed by atoms with Gasteiger partial charge in [0.2, 0.25) is 0 Å². The minimum absolute atomic E-state index is 0.310. The summed E-state index contributed by atoms with van der Waals surface area (Å²) >= 11 is 3.42. The number of hydrogen-bond donors (Lipinski definition) is 0. The maximum atomic E-state index is 4.55. The number of pyridine rings is 1. The summed E-state index contributed by atoms with van der Waals surface area (Å²) in [5.41, 5.74) is 2.93. The Kier molecular flexibility index (Phi) is 3.52. The van der Waals surface area contributed by atoms with Crippen LogP contribution in [0.25, 0.3) is 11.3 Å². The molecule has 0 aliphatic carbocycles. The van der Waals surface area contributed by atoms with Gasteiger partial charge in [-0.25, -0.2) is 9.97 Å². The van der Waals surface area contributed by atoms with Gasteiger partial charge in [0, 0.05) is 23.4 Å². The van der Waals surface area contributed by atoms with Crippen LogP contribution in [0.15, 0.2) is 29.0 Å². The van der Waals surface area contributed by atoms with Crippen molar-refractivity contribution in [3.63, 3.8) is 0 Å². The van der Waals surface area contributed by atoms with Gasteiger partial charge in [0.25, 0.3) is 0 Å². The molecule has 4 heteroatoms. The van der Waals surface area contributed by atoms with Crippen molar-refractivity contribution in [2.24, 2.45) is 0 Å². The molecule has 0 N–H and O–H groups in total. The Morgan fingerprint density at radius 3 is 2.53 bits per heavy atom. The molecule has 0 aliphatic rings. The van der Waals surface area contributed by atoms with E-state index in [9.17, 15) is 0 Å². The van der Waals surface area contributed by atoms with Crippen LogP contribution >= 0.6 is 15.9 Å². The van der Waals surface area contributed by atoms with E-state index in [2.05, 4.69) is 44.7 Å². The molecule has 0 fully saturated rings. The minimum atomic E-state index is 0.310. The van der Waals surface area contributed by atoms with Gasteiger partial charge in [-0.05, 0) is 41.1 Å². The van der Waals surface area contributed by atoms with Crippen molar-refractivity contribution in [1.82, 2.24) is 15.0 Å². The molecule has 2 rings (SSSR count). The van der Waals surface area contributed by atoms with Crippen LogP contribution in [-0.2, 0) is 0 Å². The van der Waals surface area contributed by atoms with Gasteiger partial charge in [0.05, 0.1) is 5.69 Å². The molecule has 2 heterocycles. The van der Waals surface area contributed by atoms with Crippen LogP contribution < -0.4 is 0 Å². The first kappa shape index (κ1) is 12.2. The van der Waals surface area contributed by atoms with E-state index in [1.165, 1.54) is 0 Å². The molecule has 0 saturated heterocycles. The molecule has 17 heavy (non-hydrogen) atoms. The first-order valence-corrected chi connectivity index (χ1v) is 6.33. The highest BCUT2D eigenvalue weighted by Crippen LogP contribution is 2.22. The Bertz CT molecular complexity index is 521. The topological polar surface area (TPSA) is 38.7 Å². The van der Waals surface area contributed by atoms with E-state index >= 15 is 0 Å². The van der Waals surface area contributed by atoms with Crippen molar-refractivity contribution in [3.8, 4) is 11.3 Å². The molecule has 0 aromatic carbocycles. The van der Waals surface area contributed by atoms with Crippen molar-refractivity contribution in [2.45, 2.75) is 26.7 Å². The predicted molar refractivity (Wildman–Crippen MR) is 71.8 cm³/mol. The van der Waals surface area contributed by atoms with Crippen LogP contribution in [0, 0.1) is 6.92 Å². The molecule has 0 spiro atoms. The fraction of sp³-hybridized carbons (Fsp3) is 0.308. The van der Waals surface area contributed by atoms with Gasteiger partial charge in [-0.2, -0.15) is 0 Å². The average Bonchev–Trinajstić information content (AvgIpc) is 2.29. The van der Waals surface area contributed by atoms with Crippen molar-refractivity contribution in [2.75, 3.05) is 0 Å². The fourth-order valence-corrected chi connectivity index (χ4v) is 1.86. The minimum Gasteiger partial charge on any atom is -0.261 e. The molecule has 0 saturated carbocycles. The normalized spacial score (nSPS) is 10.9. The Labute approximate surface area is 109 Å². The summed E-state index contributed by atoms with van der Waals surface area (Å²) in [6.07, 6.45) is 1.84. The van der Waals surface area contributed by atoms with Crippen LogP contribution in [0.5, 0.6) is 0 Å². The van der Waals surface area contributed by atoms with Crippen molar-refractivity contribution in [1.29, 1.82) is 0 Å². The average molecular weight is 292 g/mol. The third-order valence-corrected chi connectivity index (χ3v) is 2.84. The standard InChI is InChI=1S/C13H14BrN3/c1-8(2)13-16-11(6-12(14)17-13)10-5-4-9(3)15-7-10/h4-8H,1-3H3. The second-order valence-corrected chi connectivity index (χ2v) is 5.09. The maximum absolute atomic E-state index is 4.55. The lowest BCUT2D eigenvalue weighted by Gasteiger charge is -2.07. The van der Waals surface area contributed by atoms with Crippen molar-refractivity contribution in [3.05, 3.63) is 40.5 Å². The van der Waals surface area contributed by atoms with Gasteiger partial charge in [0.15, 0.2) is 0 Å². The summed E-state index contributed by atoms with van der Waals surface area (Å²) in [5.74, 6) is 1.15. The lowest BCUT2D eigenvalue weighted by atomic mass is 10.1. The molecule has 0 bridgehead atoms. The van der Waals surface area contributed by atoms with Crippen LogP contribution in [0.2, 0.25) is 0 Å². The van der Waals surface area contributed by atoms with Crippen LogP contribution in [0.3, 0.4) is 0 Å². The second-order valence-electron chi connectivity index (χ2n) is 4.28. The van der Waals surface area contributed by atoms with E-state index in [0.29, 0.717) is 5.92 Å². The molecule has 0 unspecified atom stereocenters. The largest absolute Gasteiger partial charge is 0.261 e. The van der Waals surface area contributed by atoms with Gasteiger partial charge in [-0.1, -0.05) is 13.8 Å². The Morgan fingerprint density at radius 2 is 1.94 bits per heavy atom. The molecule has 0 radical (unpaired) electrons. The van der Waals surface area contributed by atoms with Gasteiger partial charge in [-0.15, -0.1) is 0 Å². The molecule has 2 aromatic rings. The monoisotopic (exact) mass is 291 g/mol. The number of nitrogens with zero attached hydrogens (tertiary/aromatic N) is 3. The Hall–Kier alpha value is -1.29. The Balaban J connectivity index is 2.48. The zero-order valence-corrected chi connectivity index (χ0v) is 11.7. The molecular weight excluding hydrogens is 278 g/mol. The fourth-order valence-electron chi connectivity index (χ4n) is 1.46. The third-order valence-electron chi connectivity index (χ3n) is 2.44. The highest BCUT2D eigenvalue weighted by molar-refractivity contribution is 9.10. The van der Waals surface area contributed by atoms with Crippen molar-refractivity contribution < 1.29 is 0 Å². The van der Waals surface area contributed by atoms with E-state index in [1.807, 2.05) is 31.3 Å². The van der Waals surface area contributed by atoms with E-state index in [0.717, 1.165) is 27.4 Å². The van der Waals surface area contributed by atoms with Crippen LogP contribution in [0.1, 0.15) is 31.3 Å². The summed E-state index contributed by atoms with van der Waals surface area (Å²) in [6, 6.07) is 5.93. The van der Waals surface area contributed by atoms with Crippen LogP contribution in [-0.4, -0.2) is 15.0 Å². The first-order valence-electron chi connectivity index (χ1n) is 5.54. The first-order chi connectivity index (χ1) is 8.06. The quantitative estimate of drug-likeness (QED) is 0.792. The molecule has 3 nitrogen and oxygen atoms in total. The van der Waals surface area contributed by atoms with E-state index in [-0.39, 0.29) is 0 Å². The lowest BCUT2D eigenvalue weighted by Crippen LogP contribution is -1.99. The molecular formula is C13H14BrN3. The zero-order chi connectivity index (χ0) is 12.4. The van der Waals surface area contributed by atoms with Gasteiger partial charge >= 0.3 is 0 Å². The highest BCUT2D eigenvalue weighted by Gasteiger charge is 2.08. The SMILES string of the molecule is Cc1ccc(-c2cc(Br)nc(C(C)C)n2)cn1. The van der Waals surface area contributed by atoms with Gasteiger partial charge in [0.1, 0.15) is 10.4 Å². The summed E-state index contributed by atoms with van der Waals surface area (Å²) < 4.78 is 0.812. The summed E-state index contributed by atoms with van der Waals surface area (Å²) in [6.45, 7) is 6.14. The zero-order valence-electron chi connectivity index (χ0n) is 10.1. The lowest BCUT2D eigenvalue weighted by molar-refractivity contribution is 0.771. The highest BCUT2D eigenvalue weighted by atomic mass is 79.9. The molecule has 88 valence electrons. The van der Waals surface area contributed by atoms with E-state index < -0.39 is 0 Å². The number of aromatic nitrogens is 3. The second kappa shape index (κ2) is 4.92. The number of halogens is 1. The summed E-state index contributed by atoms with van der Waals surface area (Å²) in [5, 5.41) is 0. The number of hydrogen-bond acceptors (Lipinski definition) is 3. The van der Waals surface area contributed by atoms with Crippen LogP contribution in [0.4, 0.5) is 0 Å². The number of aryl methyl sites for hydroxylation is 1. The van der Waals surface area contributed by atoms with E-state index in [4.69, 9.17) is 0 Å².